The number of hydrogen-bond acceptors (Lipinski definition) is 5. The third kappa shape index (κ3) is 3.06. The Morgan fingerprint density at radius 3 is 2.62 bits per heavy atom. The molecule has 4 aliphatic rings. The number of carbonyl (C=O) groups is 1. The zero-order valence-corrected chi connectivity index (χ0v) is 14.9. The number of sulfonamides is 1. The predicted molar refractivity (Wildman–Crippen MR) is 91.0 cm³/mol. The van der Waals surface area contributed by atoms with Crippen LogP contribution in [0, 0.1) is 5.92 Å². The highest BCUT2D eigenvalue weighted by Crippen LogP contribution is 2.38. The van der Waals surface area contributed by atoms with Gasteiger partial charge in [-0.1, -0.05) is 0 Å². The minimum Gasteiger partial charge on any atom is -0.343 e. The standard InChI is InChI=1S/C16H26N4O3S/c1-16(6-7-16)19-24(22,23)11-4-5-13-12(10-11)14(21)18-15(17-13)20-8-2-3-9-20/h11-13,19H,2-10H2,1H3,(H,17,18,21). The summed E-state index contributed by atoms with van der Waals surface area (Å²) in [6, 6.07) is -0.0719. The largest absolute Gasteiger partial charge is 0.343 e. The van der Waals surface area contributed by atoms with Crippen LogP contribution in [0.1, 0.15) is 51.9 Å². The van der Waals surface area contributed by atoms with E-state index in [0.29, 0.717) is 25.2 Å². The molecular weight excluding hydrogens is 328 g/mol. The van der Waals surface area contributed by atoms with Crippen molar-refractivity contribution in [1.29, 1.82) is 0 Å². The van der Waals surface area contributed by atoms with Crippen LogP contribution < -0.4 is 10.0 Å². The van der Waals surface area contributed by atoms with Gasteiger partial charge in [-0.25, -0.2) is 18.1 Å². The maximum absolute atomic E-state index is 12.6. The normalized spacial score (nSPS) is 35.2. The predicted octanol–water partition coefficient (Wildman–Crippen LogP) is 0.577. The first-order valence-corrected chi connectivity index (χ1v) is 10.6. The molecular formula is C16H26N4O3S. The van der Waals surface area contributed by atoms with Crippen molar-refractivity contribution in [2.24, 2.45) is 10.9 Å². The van der Waals surface area contributed by atoms with Gasteiger partial charge in [0.1, 0.15) is 0 Å². The first-order chi connectivity index (χ1) is 11.4. The summed E-state index contributed by atoms with van der Waals surface area (Å²) in [6.07, 6.45) is 5.68. The van der Waals surface area contributed by atoms with E-state index in [1.807, 2.05) is 6.92 Å². The molecule has 2 aliphatic carbocycles. The van der Waals surface area contributed by atoms with Crippen molar-refractivity contribution >= 4 is 21.9 Å². The minimum absolute atomic E-state index is 0.0607. The summed E-state index contributed by atoms with van der Waals surface area (Å²) in [5.41, 5.74) is -0.258. The lowest BCUT2D eigenvalue weighted by atomic mass is 9.83. The number of rotatable bonds is 3. The lowest BCUT2D eigenvalue weighted by molar-refractivity contribution is -0.125. The summed E-state index contributed by atoms with van der Waals surface area (Å²) in [4.78, 5) is 19.4. The first-order valence-electron chi connectivity index (χ1n) is 9.03. The van der Waals surface area contributed by atoms with E-state index in [-0.39, 0.29) is 23.4 Å². The summed E-state index contributed by atoms with van der Waals surface area (Å²) < 4.78 is 28.1. The zero-order valence-electron chi connectivity index (χ0n) is 14.1. The molecule has 4 rings (SSSR count). The molecule has 8 heteroatoms. The van der Waals surface area contributed by atoms with Gasteiger partial charge in [-0.3, -0.25) is 10.1 Å². The number of amides is 1. The quantitative estimate of drug-likeness (QED) is 0.775. The molecule has 2 N–H and O–H groups in total. The minimum atomic E-state index is -3.37. The van der Waals surface area contributed by atoms with E-state index in [0.717, 1.165) is 38.8 Å². The highest BCUT2D eigenvalue weighted by atomic mass is 32.2. The molecule has 0 aromatic rings. The van der Waals surface area contributed by atoms with Gasteiger partial charge in [-0.2, -0.15) is 0 Å². The second-order valence-corrected chi connectivity index (χ2v) is 9.91. The van der Waals surface area contributed by atoms with E-state index >= 15 is 0 Å². The van der Waals surface area contributed by atoms with Crippen molar-refractivity contribution in [3.05, 3.63) is 0 Å². The van der Waals surface area contributed by atoms with Crippen LogP contribution in [0.3, 0.4) is 0 Å². The molecule has 0 bridgehead atoms. The summed E-state index contributed by atoms with van der Waals surface area (Å²) in [5, 5.41) is 2.43. The maximum Gasteiger partial charge on any atom is 0.231 e. The van der Waals surface area contributed by atoms with E-state index in [1.54, 1.807) is 0 Å². The SMILES string of the molecule is CC1(NS(=O)(=O)C2CCC3N=C(N4CCCC4)NC(=O)C3C2)CC1. The van der Waals surface area contributed by atoms with Crippen LogP contribution in [-0.4, -0.2) is 55.1 Å². The van der Waals surface area contributed by atoms with Gasteiger partial charge in [0.2, 0.25) is 21.9 Å². The van der Waals surface area contributed by atoms with Crippen molar-refractivity contribution in [2.45, 2.75) is 68.7 Å². The van der Waals surface area contributed by atoms with E-state index in [9.17, 15) is 13.2 Å². The van der Waals surface area contributed by atoms with Gasteiger partial charge in [0.25, 0.3) is 0 Å². The summed E-state index contributed by atoms with van der Waals surface area (Å²) in [6.45, 7) is 3.82. The van der Waals surface area contributed by atoms with Crippen molar-refractivity contribution in [2.75, 3.05) is 13.1 Å². The van der Waals surface area contributed by atoms with Gasteiger partial charge in [0.15, 0.2) is 0 Å². The van der Waals surface area contributed by atoms with Gasteiger partial charge in [0, 0.05) is 18.6 Å². The van der Waals surface area contributed by atoms with Gasteiger partial charge >= 0.3 is 0 Å². The number of aliphatic imine (C=N–C) groups is 1. The first kappa shape index (κ1) is 16.3. The molecule has 0 aromatic heterocycles. The van der Waals surface area contributed by atoms with E-state index in [4.69, 9.17) is 4.99 Å². The van der Waals surface area contributed by atoms with Crippen LogP contribution >= 0.6 is 0 Å². The Morgan fingerprint density at radius 1 is 1.25 bits per heavy atom. The van der Waals surface area contributed by atoms with E-state index in [1.165, 1.54) is 0 Å². The number of likely N-dealkylation sites (tertiary alicyclic amines) is 1. The van der Waals surface area contributed by atoms with Crippen LogP contribution in [0.25, 0.3) is 0 Å². The molecule has 2 saturated carbocycles. The molecule has 7 nitrogen and oxygen atoms in total. The molecule has 3 fully saturated rings. The van der Waals surface area contributed by atoms with Crippen molar-refractivity contribution in [1.82, 2.24) is 14.9 Å². The number of carbonyl (C=O) groups excluding carboxylic acids is 1. The molecule has 0 radical (unpaired) electrons. The van der Waals surface area contributed by atoms with Crippen molar-refractivity contribution in [3.8, 4) is 0 Å². The third-order valence-electron chi connectivity index (χ3n) is 5.86. The molecule has 3 unspecified atom stereocenters. The molecule has 0 aromatic carbocycles. The molecule has 2 heterocycles. The molecule has 2 aliphatic heterocycles. The Labute approximate surface area is 143 Å². The van der Waals surface area contributed by atoms with E-state index < -0.39 is 15.3 Å². The maximum atomic E-state index is 12.6. The van der Waals surface area contributed by atoms with Gasteiger partial charge in [-0.05, 0) is 51.9 Å². The Bertz CT molecular complexity index is 665. The third-order valence-corrected chi connectivity index (χ3v) is 7.94. The van der Waals surface area contributed by atoms with Gasteiger partial charge in [0.05, 0.1) is 17.2 Å². The second kappa shape index (κ2) is 5.69. The second-order valence-electron chi connectivity index (χ2n) is 7.95. The molecule has 24 heavy (non-hydrogen) atoms. The number of nitrogens with one attached hydrogen (secondary N) is 2. The number of hydrogen-bond donors (Lipinski definition) is 2. The number of guanidine groups is 1. The Kier molecular flexibility index (Phi) is 3.87. The molecule has 3 atom stereocenters. The monoisotopic (exact) mass is 354 g/mol. The smallest absolute Gasteiger partial charge is 0.231 e. The fourth-order valence-electron chi connectivity index (χ4n) is 4.03. The molecule has 1 saturated heterocycles. The number of nitrogens with zero attached hydrogens (tertiary/aromatic N) is 2. The lowest BCUT2D eigenvalue weighted by Gasteiger charge is -2.38. The fraction of sp³-hybridized carbons (Fsp3) is 0.875. The average molecular weight is 354 g/mol. The van der Waals surface area contributed by atoms with Gasteiger partial charge in [-0.15, -0.1) is 0 Å². The highest BCUT2D eigenvalue weighted by molar-refractivity contribution is 7.90. The van der Waals surface area contributed by atoms with Crippen molar-refractivity contribution in [3.63, 3.8) is 0 Å². The van der Waals surface area contributed by atoms with Gasteiger partial charge < -0.3 is 4.90 Å². The van der Waals surface area contributed by atoms with Crippen LogP contribution in [0.2, 0.25) is 0 Å². The van der Waals surface area contributed by atoms with E-state index in [2.05, 4.69) is 14.9 Å². The number of fused-ring (bicyclic) bond motifs is 1. The molecule has 1 amide bonds. The molecule has 0 spiro atoms. The highest BCUT2D eigenvalue weighted by Gasteiger charge is 2.47. The van der Waals surface area contributed by atoms with Crippen LogP contribution in [0.4, 0.5) is 0 Å². The lowest BCUT2D eigenvalue weighted by Crippen LogP contribution is -2.55. The Hall–Kier alpha value is -1.15. The van der Waals surface area contributed by atoms with Crippen LogP contribution in [-0.2, 0) is 14.8 Å². The summed E-state index contributed by atoms with van der Waals surface area (Å²) in [5.74, 6) is 0.316. The summed E-state index contributed by atoms with van der Waals surface area (Å²) in [7, 11) is -3.37. The topological polar surface area (TPSA) is 90.9 Å². The van der Waals surface area contributed by atoms with Crippen molar-refractivity contribution < 1.29 is 13.2 Å². The Morgan fingerprint density at radius 2 is 1.96 bits per heavy atom. The summed E-state index contributed by atoms with van der Waals surface area (Å²) >= 11 is 0. The average Bonchev–Trinajstić information content (AvgIpc) is 3.03. The molecule has 134 valence electrons. The zero-order chi connectivity index (χ0) is 16.9. The fourth-order valence-corrected chi connectivity index (χ4v) is 6.00. The Balaban J connectivity index is 1.47. The van der Waals surface area contributed by atoms with Crippen LogP contribution in [0.15, 0.2) is 4.99 Å². The van der Waals surface area contributed by atoms with Crippen LogP contribution in [0.5, 0.6) is 0 Å².